The summed E-state index contributed by atoms with van der Waals surface area (Å²) in [5.74, 6) is -0.854. The molecule has 0 saturated carbocycles. The number of hydrogen-bond donors (Lipinski definition) is 5. The van der Waals surface area contributed by atoms with E-state index < -0.39 is 36.2 Å². The van der Waals surface area contributed by atoms with E-state index in [9.17, 15) is 24.9 Å². The summed E-state index contributed by atoms with van der Waals surface area (Å²) in [5, 5.41) is 39.1. The maximum Gasteiger partial charge on any atom is 0.326 e. The van der Waals surface area contributed by atoms with Crippen molar-refractivity contribution >= 4 is 12.0 Å². The van der Waals surface area contributed by atoms with Gasteiger partial charge in [-0.05, 0) is 37.5 Å². The maximum atomic E-state index is 12.8. The van der Waals surface area contributed by atoms with Gasteiger partial charge in [0.05, 0.1) is 6.10 Å². The summed E-state index contributed by atoms with van der Waals surface area (Å²) in [7, 11) is 0. The van der Waals surface area contributed by atoms with Crippen molar-refractivity contribution in [3.8, 4) is 5.75 Å². The predicted molar refractivity (Wildman–Crippen MR) is 103 cm³/mol. The molecule has 0 aliphatic carbocycles. The number of aromatic hydroxyl groups is 1. The number of nitrogens with one attached hydrogen (secondary N) is 1. The second-order valence-corrected chi connectivity index (χ2v) is 7.31. The number of nitrogens with zero attached hydrogens (tertiary/aromatic N) is 3. The molecule has 3 unspecified atom stereocenters. The summed E-state index contributed by atoms with van der Waals surface area (Å²) in [5.41, 5.74) is 6.61. The Bertz CT molecular complexity index is 884. The van der Waals surface area contributed by atoms with Crippen molar-refractivity contribution in [1.82, 2.24) is 20.4 Å². The number of amides is 2. The van der Waals surface area contributed by atoms with Gasteiger partial charge in [-0.25, -0.2) is 9.59 Å². The third-order valence-corrected chi connectivity index (χ3v) is 5.03. The lowest BCUT2D eigenvalue weighted by molar-refractivity contribution is -0.141. The number of benzene rings is 1. The van der Waals surface area contributed by atoms with Crippen LogP contribution in [0, 0.1) is 0 Å². The minimum atomic E-state index is -1.05. The highest BCUT2D eigenvalue weighted by Crippen LogP contribution is 2.24. The van der Waals surface area contributed by atoms with Gasteiger partial charge in [-0.15, -0.1) is 10.2 Å². The minimum Gasteiger partial charge on any atom is -0.508 e. The molecule has 11 nitrogen and oxygen atoms in total. The van der Waals surface area contributed by atoms with Crippen LogP contribution in [0.15, 0.2) is 28.7 Å². The number of aliphatic hydroxyl groups excluding tert-OH is 1. The lowest BCUT2D eigenvalue weighted by Gasteiger charge is -2.24. The van der Waals surface area contributed by atoms with Crippen molar-refractivity contribution in [3.63, 3.8) is 0 Å². The first kappa shape index (κ1) is 21.5. The van der Waals surface area contributed by atoms with Gasteiger partial charge in [0.15, 0.2) is 0 Å². The molecular weight excluding hydrogens is 394 g/mol. The number of rotatable bonds is 7. The molecule has 1 aliphatic rings. The van der Waals surface area contributed by atoms with Gasteiger partial charge in [0, 0.05) is 13.0 Å². The van der Waals surface area contributed by atoms with E-state index in [-0.39, 0.29) is 24.0 Å². The van der Waals surface area contributed by atoms with Crippen LogP contribution in [0.1, 0.15) is 49.2 Å². The number of carbonyl (C=O) groups excluding carboxylic acids is 1. The van der Waals surface area contributed by atoms with E-state index in [0.717, 1.165) is 5.56 Å². The highest BCUT2D eigenvalue weighted by Gasteiger charge is 2.35. The molecule has 0 bridgehead atoms. The molecule has 1 aliphatic heterocycles. The molecule has 1 fully saturated rings. The predicted octanol–water partition coefficient (Wildman–Crippen LogP) is 0.698. The van der Waals surface area contributed by atoms with E-state index >= 15 is 0 Å². The standard InChI is InChI=1S/C19H25N5O6/c1-10(25)15(20)17-23-22-16(30-17)13(9-11-4-6-12(26)7-5-11)21-19(29)24-8-2-3-14(24)18(27)28/h4-7,10,13-15,25-26H,2-3,8-9,20H2,1H3,(H,21,29)(H,27,28)/t10?,13-,14?,15?/m0/s1. The minimum absolute atomic E-state index is 0.0227. The summed E-state index contributed by atoms with van der Waals surface area (Å²) in [4.78, 5) is 25.5. The van der Waals surface area contributed by atoms with E-state index in [1.807, 2.05) is 0 Å². The number of phenols is 1. The Morgan fingerprint density at radius 2 is 1.97 bits per heavy atom. The first-order chi connectivity index (χ1) is 14.3. The molecule has 162 valence electrons. The SMILES string of the molecule is CC(O)C(N)c1nnc([C@H](Cc2ccc(O)cc2)NC(=O)N2CCCC2C(=O)O)o1. The van der Waals surface area contributed by atoms with E-state index in [1.54, 1.807) is 12.1 Å². The van der Waals surface area contributed by atoms with Crippen molar-refractivity contribution in [1.29, 1.82) is 0 Å². The number of aliphatic hydroxyl groups is 1. The van der Waals surface area contributed by atoms with Crippen LogP contribution in [-0.4, -0.2) is 61.1 Å². The molecule has 1 aromatic heterocycles. The van der Waals surface area contributed by atoms with Crippen LogP contribution >= 0.6 is 0 Å². The zero-order valence-corrected chi connectivity index (χ0v) is 16.4. The Kier molecular flexibility index (Phi) is 6.53. The summed E-state index contributed by atoms with van der Waals surface area (Å²) in [6, 6.07) is 3.30. The molecular formula is C19H25N5O6. The maximum absolute atomic E-state index is 12.8. The Morgan fingerprint density at radius 1 is 1.30 bits per heavy atom. The lowest BCUT2D eigenvalue weighted by Crippen LogP contribution is -2.47. The topological polar surface area (TPSA) is 175 Å². The highest BCUT2D eigenvalue weighted by atomic mass is 16.4. The number of carboxylic acids is 1. The number of carbonyl (C=O) groups is 2. The summed E-state index contributed by atoms with van der Waals surface area (Å²) in [6.45, 7) is 1.82. The first-order valence-electron chi connectivity index (χ1n) is 9.61. The van der Waals surface area contributed by atoms with Crippen molar-refractivity contribution < 1.29 is 29.3 Å². The molecule has 4 atom stereocenters. The van der Waals surface area contributed by atoms with Crippen LogP contribution in [-0.2, 0) is 11.2 Å². The van der Waals surface area contributed by atoms with Crippen molar-refractivity contribution in [3.05, 3.63) is 41.6 Å². The largest absolute Gasteiger partial charge is 0.508 e. The van der Waals surface area contributed by atoms with Gasteiger partial charge in [-0.3, -0.25) is 0 Å². The zero-order chi connectivity index (χ0) is 21.8. The first-order valence-corrected chi connectivity index (χ1v) is 9.61. The fraction of sp³-hybridized carbons (Fsp3) is 0.474. The van der Waals surface area contributed by atoms with Crippen LogP contribution in [0.2, 0.25) is 0 Å². The van der Waals surface area contributed by atoms with Crippen LogP contribution in [0.4, 0.5) is 4.79 Å². The van der Waals surface area contributed by atoms with Crippen molar-refractivity contribution in [2.24, 2.45) is 5.73 Å². The smallest absolute Gasteiger partial charge is 0.326 e. The normalized spacial score (nSPS) is 19.3. The summed E-state index contributed by atoms with van der Waals surface area (Å²) in [6.07, 6.45) is 0.327. The van der Waals surface area contributed by atoms with E-state index in [2.05, 4.69) is 15.5 Å². The van der Waals surface area contributed by atoms with Gasteiger partial charge in [0.1, 0.15) is 23.9 Å². The molecule has 0 radical (unpaired) electrons. The monoisotopic (exact) mass is 419 g/mol. The average molecular weight is 419 g/mol. The van der Waals surface area contributed by atoms with Crippen molar-refractivity contribution in [2.45, 2.75) is 50.4 Å². The molecule has 6 N–H and O–H groups in total. The number of hydrogen-bond acceptors (Lipinski definition) is 8. The third-order valence-electron chi connectivity index (χ3n) is 5.03. The van der Waals surface area contributed by atoms with Gasteiger partial charge >= 0.3 is 12.0 Å². The molecule has 2 aromatic rings. The number of likely N-dealkylation sites (tertiary alicyclic amines) is 1. The molecule has 1 saturated heterocycles. The number of aromatic nitrogens is 2. The quantitative estimate of drug-likeness (QED) is 0.432. The third kappa shape index (κ3) is 4.86. The number of phenolic OH excluding ortho intramolecular Hbond substituents is 1. The van der Waals surface area contributed by atoms with Gasteiger partial charge in [0.25, 0.3) is 0 Å². The lowest BCUT2D eigenvalue weighted by atomic mass is 10.1. The van der Waals surface area contributed by atoms with Gasteiger partial charge in [-0.2, -0.15) is 0 Å². The fourth-order valence-electron chi connectivity index (χ4n) is 3.29. The van der Waals surface area contributed by atoms with E-state index in [4.69, 9.17) is 10.2 Å². The average Bonchev–Trinajstić information content (AvgIpc) is 3.38. The Hall–Kier alpha value is -3.18. The van der Waals surface area contributed by atoms with Gasteiger partial charge in [0.2, 0.25) is 11.8 Å². The Morgan fingerprint density at radius 3 is 2.60 bits per heavy atom. The molecule has 0 spiro atoms. The summed E-state index contributed by atoms with van der Waals surface area (Å²) < 4.78 is 5.60. The molecule has 30 heavy (non-hydrogen) atoms. The van der Waals surface area contributed by atoms with Gasteiger partial charge in [-0.1, -0.05) is 12.1 Å². The van der Waals surface area contributed by atoms with Crippen LogP contribution in [0.5, 0.6) is 5.75 Å². The van der Waals surface area contributed by atoms with Crippen LogP contribution < -0.4 is 11.1 Å². The van der Waals surface area contributed by atoms with E-state index in [0.29, 0.717) is 19.4 Å². The highest BCUT2D eigenvalue weighted by molar-refractivity contribution is 5.83. The molecule has 2 heterocycles. The fourth-order valence-corrected chi connectivity index (χ4v) is 3.29. The number of urea groups is 1. The zero-order valence-electron chi connectivity index (χ0n) is 16.4. The number of carboxylic acid groups (broad SMARTS) is 1. The van der Waals surface area contributed by atoms with Crippen LogP contribution in [0.25, 0.3) is 0 Å². The second-order valence-electron chi connectivity index (χ2n) is 7.31. The number of nitrogens with two attached hydrogens (primary N) is 1. The Balaban J connectivity index is 1.83. The van der Waals surface area contributed by atoms with Gasteiger partial charge < -0.3 is 35.7 Å². The molecule has 1 aromatic carbocycles. The summed E-state index contributed by atoms with van der Waals surface area (Å²) >= 11 is 0. The second kappa shape index (κ2) is 9.09. The van der Waals surface area contributed by atoms with Crippen molar-refractivity contribution in [2.75, 3.05) is 6.54 Å². The molecule has 11 heteroatoms. The Labute approximate surface area is 172 Å². The van der Waals surface area contributed by atoms with E-state index in [1.165, 1.54) is 24.0 Å². The molecule has 3 rings (SSSR count). The number of aliphatic carboxylic acids is 1. The van der Waals surface area contributed by atoms with Crippen LogP contribution in [0.3, 0.4) is 0 Å². The molecule has 2 amide bonds.